The van der Waals surface area contributed by atoms with Gasteiger partial charge in [-0.2, -0.15) is 0 Å². The van der Waals surface area contributed by atoms with Gasteiger partial charge < -0.3 is 9.47 Å². The molecule has 0 bridgehead atoms. The van der Waals surface area contributed by atoms with Gasteiger partial charge in [0.2, 0.25) is 0 Å². The van der Waals surface area contributed by atoms with E-state index in [1.807, 2.05) is 58.0 Å². The molecule has 2 aromatic carbocycles. The van der Waals surface area contributed by atoms with Gasteiger partial charge in [-0.3, -0.25) is 9.59 Å². The first-order valence-corrected chi connectivity index (χ1v) is 8.46. The molecule has 0 amide bonds. The minimum atomic E-state index is -1.57. The van der Waals surface area contributed by atoms with Gasteiger partial charge in [-0.1, -0.05) is 35.9 Å². The molecule has 2 atom stereocenters. The van der Waals surface area contributed by atoms with Crippen LogP contribution in [0.5, 0.6) is 5.75 Å². The van der Waals surface area contributed by atoms with Crippen molar-refractivity contribution in [3.05, 3.63) is 63.7 Å². The first-order valence-electron chi connectivity index (χ1n) is 8.46. The number of carbonyl (C=O) groups is 2. The normalized spacial score (nSPS) is 24.4. The van der Waals surface area contributed by atoms with Gasteiger partial charge >= 0.3 is 11.8 Å². The number of aryl methyl sites for hydroxylation is 3. The maximum Gasteiger partial charge on any atom is 0.326 e. The topological polar surface area (TPSA) is 52.6 Å². The van der Waals surface area contributed by atoms with Gasteiger partial charge in [-0.15, -0.1) is 0 Å². The van der Waals surface area contributed by atoms with Crippen LogP contribution in [-0.4, -0.2) is 17.5 Å². The van der Waals surface area contributed by atoms with Gasteiger partial charge in [0.05, 0.1) is 17.9 Å². The molecule has 0 unspecified atom stereocenters. The van der Waals surface area contributed by atoms with E-state index < -0.39 is 17.7 Å². The lowest BCUT2D eigenvalue weighted by atomic mass is 9.85. The Hall–Kier alpha value is -2.62. The smallest absolute Gasteiger partial charge is 0.326 e. The van der Waals surface area contributed by atoms with Crippen LogP contribution in [0.4, 0.5) is 0 Å². The van der Waals surface area contributed by atoms with E-state index in [9.17, 15) is 9.59 Å². The molecule has 128 valence electrons. The van der Waals surface area contributed by atoms with Crippen LogP contribution in [0.2, 0.25) is 0 Å². The summed E-state index contributed by atoms with van der Waals surface area (Å²) in [5.74, 6) is -2.12. The standard InChI is InChI=1S/C21H20O4/c1-11-5-7-15(8-6-11)16-10-17(22)24-21(16)20(23)18-13(3)9-12(2)14(4)19(18)25-21/h5-9,16H,10H2,1-4H3/t16-,21-/m1/s1. The van der Waals surface area contributed by atoms with E-state index in [1.165, 1.54) is 0 Å². The number of fused-ring (bicyclic) bond motifs is 1. The van der Waals surface area contributed by atoms with E-state index >= 15 is 0 Å². The first kappa shape index (κ1) is 15.9. The van der Waals surface area contributed by atoms with Crippen molar-refractivity contribution < 1.29 is 19.1 Å². The third-order valence-corrected chi connectivity index (χ3v) is 5.36. The van der Waals surface area contributed by atoms with Crippen molar-refractivity contribution in [3.63, 3.8) is 0 Å². The summed E-state index contributed by atoms with van der Waals surface area (Å²) in [5.41, 5.74) is 5.35. The van der Waals surface area contributed by atoms with Crippen LogP contribution in [0.1, 0.15) is 50.5 Å². The number of esters is 1. The summed E-state index contributed by atoms with van der Waals surface area (Å²) in [5, 5.41) is 0. The Kier molecular flexibility index (Phi) is 3.29. The fourth-order valence-electron chi connectivity index (χ4n) is 3.85. The Labute approximate surface area is 146 Å². The summed E-state index contributed by atoms with van der Waals surface area (Å²) < 4.78 is 11.7. The molecule has 0 N–H and O–H groups in total. The molecular weight excluding hydrogens is 316 g/mol. The van der Waals surface area contributed by atoms with E-state index in [2.05, 4.69) is 0 Å². The predicted molar refractivity (Wildman–Crippen MR) is 93.0 cm³/mol. The van der Waals surface area contributed by atoms with Gasteiger partial charge in [-0.25, -0.2) is 0 Å². The summed E-state index contributed by atoms with van der Waals surface area (Å²) in [4.78, 5) is 25.4. The highest BCUT2D eigenvalue weighted by Crippen LogP contribution is 2.51. The highest BCUT2D eigenvalue weighted by Gasteiger charge is 2.62. The number of carbonyl (C=O) groups excluding carboxylic acids is 2. The molecule has 0 aromatic heterocycles. The van der Waals surface area contributed by atoms with Crippen molar-refractivity contribution in [3.8, 4) is 5.75 Å². The fraction of sp³-hybridized carbons (Fsp3) is 0.333. The number of Topliss-reactive ketones (excluding diaryl/α,β-unsaturated/α-hetero) is 1. The van der Waals surface area contributed by atoms with Gasteiger partial charge in [0, 0.05) is 0 Å². The Balaban J connectivity index is 1.87. The van der Waals surface area contributed by atoms with E-state index in [0.717, 1.165) is 27.8 Å². The summed E-state index contributed by atoms with van der Waals surface area (Å²) >= 11 is 0. The Morgan fingerprint density at radius 1 is 0.960 bits per heavy atom. The molecule has 4 rings (SSSR count). The first-order chi connectivity index (χ1) is 11.8. The lowest BCUT2D eigenvalue weighted by Crippen LogP contribution is -2.44. The van der Waals surface area contributed by atoms with Crippen molar-refractivity contribution in [2.45, 2.75) is 45.8 Å². The summed E-state index contributed by atoms with van der Waals surface area (Å²) in [6.45, 7) is 7.80. The Bertz CT molecular complexity index is 910. The lowest BCUT2D eigenvalue weighted by molar-refractivity contribution is -0.164. The second-order valence-corrected chi connectivity index (χ2v) is 7.08. The lowest BCUT2D eigenvalue weighted by Gasteiger charge is -2.27. The number of hydrogen-bond acceptors (Lipinski definition) is 4. The third kappa shape index (κ3) is 2.13. The molecule has 2 aromatic rings. The molecule has 2 heterocycles. The van der Waals surface area contributed by atoms with Crippen LogP contribution in [0, 0.1) is 27.7 Å². The zero-order chi connectivity index (χ0) is 17.9. The second kappa shape index (κ2) is 5.19. The van der Waals surface area contributed by atoms with E-state index in [-0.39, 0.29) is 12.2 Å². The molecule has 2 aliphatic heterocycles. The Morgan fingerprint density at radius 3 is 2.32 bits per heavy atom. The highest BCUT2D eigenvalue weighted by atomic mass is 16.7. The van der Waals surface area contributed by atoms with E-state index in [4.69, 9.17) is 9.47 Å². The van der Waals surface area contributed by atoms with E-state index in [0.29, 0.717) is 11.3 Å². The van der Waals surface area contributed by atoms with Crippen molar-refractivity contribution in [1.29, 1.82) is 0 Å². The van der Waals surface area contributed by atoms with Crippen LogP contribution in [0.25, 0.3) is 0 Å². The zero-order valence-corrected chi connectivity index (χ0v) is 14.8. The average Bonchev–Trinajstić information content (AvgIpc) is 3.05. The number of ether oxygens (including phenoxy) is 2. The molecule has 25 heavy (non-hydrogen) atoms. The quantitative estimate of drug-likeness (QED) is 0.741. The molecule has 1 saturated heterocycles. The molecule has 0 aliphatic carbocycles. The van der Waals surface area contributed by atoms with E-state index in [1.54, 1.807) is 0 Å². The van der Waals surface area contributed by atoms with Crippen LogP contribution in [0.15, 0.2) is 30.3 Å². The van der Waals surface area contributed by atoms with Crippen LogP contribution in [0.3, 0.4) is 0 Å². The largest absolute Gasteiger partial charge is 0.444 e. The van der Waals surface area contributed by atoms with Gasteiger partial charge in [0.25, 0.3) is 5.78 Å². The number of benzene rings is 2. The maximum atomic E-state index is 13.3. The minimum Gasteiger partial charge on any atom is -0.444 e. The number of hydrogen-bond donors (Lipinski definition) is 0. The highest BCUT2D eigenvalue weighted by molar-refractivity contribution is 6.10. The monoisotopic (exact) mass is 336 g/mol. The zero-order valence-electron chi connectivity index (χ0n) is 14.8. The molecular formula is C21H20O4. The van der Waals surface area contributed by atoms with Crippen LogP contribution in [-0.2, 0) is 9.53 Å². The minimum absolute atomic E-state index is 0.139. The Morgan fingerprint density at radius 2 is 1.64 bits per heavy atom. The predicted octanol–water partition coefficient (Wildman–Crippen LogP) is 3.92. The molecule has 0 saturated carbocycles. The van der Waals surface area contributed by atoms with Crippen molar-refractivity contribution >= 4 is 11.8 Å². The summed E-state index contributed by atoms with van der Waals surface area (Å²) in [6.07, 6.45) is 0.139. The molecule has 2 aliphatic rings. The fourth-order valence-corrected chi connectivity index (χ4v) is 3.85. The van der Waals surface area contributed by atoms with Gasteiger partial charge in [0.1, 0.15) is 5.75 Å². The van der Waals surface area contributed by atoms with Gasteiger partial charge in [0.15, 0.2) is 0 Å². The molecule has 4 nitrogen and oxygen atoms in total. The number of ketones is 1. The molecule has 4 heteroatoms. The molecule has 1 spiro atoms. The van der Waals surface area contributed by atoms with Crippen molar-refractivity contribution in [2.24, 2.45) is 0 Å². The third-order valence-electron chi connectivity index (χ3n) is 5.36. The summed E-state index contributed by atoms with van der Waals surface area (Å²) in [7, 11) is 0. The van der Waals surface area contributed by atoms with Gasteiger partial charge in [-0.05, 0) is 49.9 Å². The SMILES string of the molecule is Cc1ccc([C@H]2CC(=O)O[C@@]23Oc2c(C)c(C)cc(C)c2C3=O)cc1. The van der Waals surface area contributed by atoms with Crippen LogP contribution >= 0.6 is 0 Å². The maximum absolute atomic E-state index is 13.3. The average molecular weight is 336 g/mol. The van der Waals surface area contributed by atoms with Crippen molar-refractivity contribution in [2.75, 3.05) is 0 Å². The number of rotatable bonds is 1. The van der Waals surface area contributed by atoms with Crippen LogP contribution < -0.4 is 4.74 Å². The molecule has 0 radical (unpaired) electrons. The second-order valence-electron chi connectivity index (χ2n) is 7.08. The molecule has 1 fully saturated rings. The summed E-state index contributed by atoms with van der Waals surface area (Å²) in [6, 6.07) is 9.80. The van der Waals surface area contributed by atoms with Crippen molar-refractivity contribution in [1.82, 2.24) is 0 Å².